The summed E-state index contributed by atoms with van der Waals surface area (Å²) in [6, 6.07) is 5.63. The van der Waals surface area contributed by atoms with Crippen LogP contribution in [0.4, 0.5) is 0 Å². The highest BCUT2D eigenvalue weighted by molar-refractivity contribution is 5.94. The predicted molar refractivity (Wildman–Crippen MR) is 140 cm³/mol. The Hall–Kier alpha value is -3.77. The SMILES string of the molecule is NCCCCC(NC(=O)C(Cc1cnc[nH]1)NC(=O)C1CCCN1C(=O)C(N)Cc1ccccc1)C(=O)O. The normalized spacial score (nSPS) is 17.4. The molecule has 8 N–H and O–H groups in total. The summed E-state index contributed by atoms with van der Waals surface area (Å²) in [7, 11) is 0. The molecule has 2 aromatic rings. The minimum Gasteiger partial charge on any atom is -0.480 e. The quantitative estimate of drug-likeness (QED) is 0.180. The number of nitrogens with one attached hydrogen (secondary N) is 3. The van der Waals surface area contributed by atoms with Crippen LogP contribution in [0.3, 0.4) is 0 Å². The van der Waals surface area contributed by atoms with Crippen LogP contribution < -0.4 is 22.1 Å². The van der Waals surface area contributed by atoms with E-state index in [1.54, 1.807) is 0 Å². The summed E-state index contributed by atoms with van der Waals surface area (Å²) in [5.41, 5.74) is 13.2. The molecule has 4 unspecified atom stereocenters. The third kappa shape index (κ3) is 8.12. The number of nitrogens with zero attached hydrogens (tertiary/aromatic N) is 2. The minimum atomic E-state index is -1.16. The molecule has 2 heterocycles. The van der Waals surface area contributed by atoms with Crippen LogP contribution >= 0.6 is 0 Å². The van der Waals surface area contributed by atoms with Gasteiger partial charge in [0.1, 0.15) is 18.1 Å². The molecule has 0 aliphatic carbocycles. The topological polar surface area (TPSA) is 197 Å². The van der Waals surface area contributed by atoms with Gasteiger partial charge in [0.15, 0.2) is 0 Å². The first-order valence-electron chi connectivity index (χ1n) is 12.9. The predicted octanol–water partition coefficient (Wildman–Crippen LogP) is -0.304. The first kappa shape index (κ1) is 28.8. The van der Waals surface area contributed by atoms with Crippen molar-refractivity contribution >= 4 is 23.7 Å². The number of carboxylic acids is 1. The van der Waals surface area contributed by atoms with Gasteiger partial charge in [-0.1, -0.05) is 30.3 Å². The van der Waals surface area contributed by atoms with Gasteiger partial charge in [0.25, 0.3) is 0 Å². The van der Waals surface area contributed by atoms with Gasteiger partial charge in [0.2, 0.25) is 17.7 Å². The molecule has 12 nitrogen and oxygen atoms in total. The number of amides is 3. The van der Waals surface area contributed by atoms with Gasteiger partial charge < -0.3 is 37.1 Å². The molecule has 0 bridgehead atoms. The highest BCUT2D eigenvalue weighted by Gasteiger charge is 2.38. The van der Waals surface area contributed by atoms with E-state index in [0.29, 0.717) is 50.9 Å². The molecular formula is C26H37N7O5. The molecule has 3 amide bonds. The third-order valence-electron chi connectivity index (χ3n) is 6.63. The second-order valence-electron chi connectivity index (χ2n) is 9.51. The highest BCUT2D eigenvalue weighted by atomic mass is 16.4. The number of likely N-dealkylation sites (tertiary alicyclic amines) is 1. The number of carboxylic acid groups (broad SMARTS) is 1. The number of rotatable bonds is 14. The minimum absolute atomic E-state index is 0.0703. The lowest BCUT2D eigenvalue weighted by Gasteiger charge is -2.28. The van der Waals surface area contributed by atoms with E-state index in [1.807, 2.05) is 30.3 Å². The van der Waals surface area contributed by atoms with E-state index in [2.05, 4.69) is 20.6 Å². The zero-order chi connectivity index (χ0) is 27.5. The lowest BCUT2D eigenvalue weighted by Crippen LogP contribution is -2.57. The van der Waals surface area contributed by atoms with Crippen molar-refractivity contribution in [2.45, 2.75) is 69.1 Å². The molecule has 1 aromatic carbocycles. The lowest BCUT2D eigenvalue weighted by molar-refractivity contribution is -0.143. The molecular weight excluding hydrogens is 490 g/mol. The summed E-state index contributed by atoms with van der Waals surface area (Å²) in [4.78, 5) is 59.6. The Bertz CT molecular complexity index is 1060. The van der Waals surface area contributed by atoms with Gasteiger partial charge in [0.05, 0.1) is 12.4 Å². The van der Waals surface area contributed by atoms with Gasteiger partial charge in [0, 0.05) is 24.9 Å². The van der Waals surface area contributed by atoms with Crippen LogP contribution in [0, 0.1) is 0 Å². The van der Waals surface area contributed by atoms with Crippen LogP contribution in [-0.4, -0.2) is 80.9 Å². The number of hydrogen-bond donors (Lipinski definition) is 6. The lowest BCUT2D eigenvalue weighted by atomic mass is 10.0. The fourth-order valence-electron chi connectivity index (χ4n) is 4.59. The molecule has 1 fully saturated rings. The van der Waals surface area contributed by atoms with E-state index in [0.717, 1.165) is 5.56 Å². The molecule has 0 spiro atoms. The monoisotopic (exact) mass is 527 g/mol. The van der Waals surface area contributed by atoms with E-state index in [4.69, 9.17) is 11.5 Å². The van der Waals surface area contributed by atoms with Gasteiger partial charge >= 0.3 is 5.97 Å². The number of H-pyrrole nitrogens is 1. The van der Waals surface area contributed by atoms with Crippen molar-refractivity contribution in [2.75, 3.05) is 13.1 Å². The fourth-order valence-corrected chi connectivity index (χ4v) is 4.59. The van der Waals surface area contributed by atoms with E-state index in [1.165, 1.54) is 17.4 Å². The van der Waals surface area contributed by atoms with Crippen molar-refractivity contribution in [3.05, 3.63) is 54.1 Å². The molecule has 1 aromatic heterocycles. The van der Waals surface area contributed by atoms with Crippen LogP contribution in [0.1, 0.15) is 43.4 Å². The molecule has 206 valence electrons. The van der Waals surface area contributed by atoms with E-state index < -0.39 is 42.0 Å². The molecule has 3 rings (SSSR count). The summed E-state index contributed by atoms with van der Waals surface area (Å²) in [6.45, 7) is 0.809. The second-order valence-corrected chi connectivity index (χ2v) is 9.51. The average Bonchev–Trinajstić information content (AvgIpc) is 3.60. The van der Waals surface area contributed by atoms with Crippen molar-refractivity contribution in [2.24, 2.45) is 11.5 Å². The first-order valence-corrected chi connectivity index (χ1v) is 12.9. The zero-order valence-corrected chi connectivity index (χ0v) is 21.3. The van der Waals surface area contributed by atoms with Crippen molar-refractivity contribution in [3.63, 3.8) is 0 Å². The van der Waals surface area contributed by atoms with Crippen LogP contribution in [0.2, 0.25) is 0 Å². The van der Waals surface area contributed by atoms with E-state index in [-0.39, 0.29) is 18.7 Å². The van der Waals surface area contributed by atoms with Crippen LogP contribution in [0.5, 0.6) is 0 Å². The number of nitrogens with two attached hydrogens (primary N) is 2. The fraction of sp³-hybridized carbons (Fsp3) is 0.500. The first-order chi connectivity index (χ1) is 18.3. The summed E-state index contributed by atoms with van der Waals surface area (Å²) in [5, 5.41) is 14.8. The molecule has 0 saturated carbocycles. The number of aromatic nitrogens is 2. The Morgan fingerprint density at radius 3 is 2.53 bits per heavy atom. The van der Waals surface area contributed by atoms with E-state index >= 15 is 0 Å². The Balaban J connectivity index is 1.68. The number of benzene rings is 1. The van der Waals surface area contributed by atoms with E-state index in [9.17, 15) is 24.3 Å². The van der Waals surface area contributed by atoms with Gasteiger partial charge in [-0.05, 0) is 50.6 Å². The molecule has 4 atom stereocenters. The molecule has 1 aliphatic rings. The maximum atomic E-state index is 13.3. The molecule has 12 heteroatoms. The molecule has 1 saturated heterocycles. The molecule has 1 aliphatic heterocycles. The Morgan fingerprint density at radius 1 is 1.11 bits per heavy atom. The van der Waals surface area contributed by atoms with Crippen molar-refractivity contribution in [1.29, 1.82) is 0 Å². The third-order valence-corrected chi connectivity index (χ3v) is 6.63. The van der Waals surface area contributed by atoms with Gasteiger partial charge in [-0.15, -0.1) is 0 Å². The zero-order valence-electron chi connectivity index (χ0n) is 21.3. The van der Waals surface area contributed by atoms with Gasteiger partial charge in [-0.25, -0.2) is 9.78 Å². The number of aromatic amines is 1. The van der Waals surface area contributed by atoms with Crippen molar-refractivity contribution in [3.8, 4) is 0 Å². The maximum Gasteiger partial charge on any atom is 0.326 e. The Kier molecular flexibility index (Phi) is 10.8. The van der Waals surface area contributed by atoms with Crippen LogP contribution in [-0.2, 0) is 32.0 Å². The number of aliphatic carboxylic acids is 1. The van der Waals surface area contributed by atoms with Crippen molar-refractivity contribution < 1.29 is 24.3 Å². The largest absolute Gasteiger partial charge is 0.480 e. The van der Waals surface area contributed by atoms with Crippen LogP contribution in [0.15, 0.2) is 42.9 Å². The molecule has 0 radical (unpaired) electrons. The maximum absolute atomic E-state index is 13.3. The number of carbonyl (C=O) groups excluding carboxylic acids is 3. The summed E-state index contributed by atoms with van der Waals surface area (Å²) in [5.74, 6) is -2.61. The number of hydrogen-bond acceptors (Lipinski definition) is 7. The summed E-state index contributed by atoms with van der Waals surface area (Å²) in [6.07, 6.45) is 5.83. The number of carbonyl (C=O) groups is 4. The summed E-state index contributed by atoms with van der Waals surface area (Å²) < 4.78 is 0. The van der Waals surface area contributed by atoms with Gasteiger partial charge in [-0.3, -0.25) is 14.4 Å². The summed E-state index contributed by atoms with van der Waals surface area (Å²) >= 11 is 0. The van der Waals surface area contributed by atoms with Crippen LogP contribution in [0.25, 0.3) is 0 Å². The Labute approximate surface area is 221 Å². The Morgan fingerprint density at radius 2 is 1.87 bits per heavy atom. The standard InChI is InChI=1S/C26H37N7O5/c27-11-5-4-9-20(26(37)38)31-23(34)21(14-18-15-29-16-30-18)32-24(35)22-10-6-12-33(22)25(36)19(28)13-17-7-2-1-3-8-17/h1-3,7-8,15-16,19-22H,4-6,9-14,27-28H2,(H,29,30)(H,31,34)(H,32,35)(H,37,38). The average molecular weight is 528 g/mol. The number of unbranched alkanes of at least 4 members (excludes halogenated alkanes) is 1. The van der Waals surface area contributed by atoms with Gasteiger partial charge in [-0.2, -0.15) is 0 Å². The number of imidazole rings is 1. The second kappa shape index (κ2) is 14.2. The highest BCUT2D eigenvalue weighted by Crippen LogP contribution is 2.20. The van der Waals surface area contributed by atoms with Crippen molar-refractivity contribution in [1.82, 2.24) is 25.5 Å². The molecule has 38 heavy (non-hydrogen) atoms. The smallest absolute Gasteiger partial charge is 0.326 e.